The lowest BCUT2D eigenvalue weighted by molar-refractivity contribution is -0.108. The van der Waals surface area contributed by atoms with Crippen LogP contribution in [0.5, 0.6) is 0 Å². The van der Waals surface area contributed by atoms with Gasteiger partial charge in [-0.1, -0.05) is 15.9 Å². The number of aliphatic hydroxyl groups excluding tert-OH is 1. The summed E-state index contributed by atoms with van der Waals surface area (Å²) in [6.07, 6.45) is 1.67. The van der Waals surface area contributed by atoms with E-state index in [2.05, 4.69) is 15.9 Å². The van der Waals surface area contributed by atoms with Crippen LogP contribution in [0.3, 0.4) is 0 Å². The number of carbonyl (C=O) groups excluding carboxylic acids is 1. The Morgan fingerprint density at radius 3 is 2.80 bits per heavy atom. The Bertz CT molecular complexity index is 220. The highest BCUT2D eigenvalue weighted by molar-refractivity contribution is 9.11. The summed E-state index contributed by atoms with van der Waals surface area (Å²) in [6.45, 7) is -0.170. The van der Waals surface area contributed by atoms with Crippen molar-refractivity contribution in [3.8, 4) is 0 Å². The number of thioether (sulfide) groups is 1. The molecular weight excluding hydrogens is 216 g/mol. The van der Waals surface area contributed by atoms with Gasteiger partial charge in [0.25, 0.3) is 0 Å². The Morgan fingerprint density at radius 2 is 2.50 bits per heavy atom. The molecule has 2 nitrogen and oxygen atoms in total. The van der Waals surface area contributed by atoms with E-state index in [1.165, 1.54) is 0 Å². The highest BCUT2D eigenvalue weighted by Gasteiger charge is 2.18. The van der Waals surface area contributed by atoms with Crippen molar-refractivity contribution in [2.75, 3.05) is 6.61 Å². The van der Waals surface area contributed by atoms with Crippen LogP contribution in [0.2, 0.25) is 0 Å². The summed E-state index contributed by atoms with van der Waals surface area (Å²) in [5, 5.41) is 8.54. The minimum absolute atomic E-state index is 0.0619. The van der Waals surface area contributed by atoms with Crippen LogP contribution >= 0.6 is 27.7 Å². The number of carbonyl (C=O) groups is 1. The first kappa shape index (κ1) is 8.04. The largest absolute Gasteiger partial charge is 0.392 e. The van der Waals surface area contributed by atoms with Crippen LogP contribution in [-0.4, -0.2) is 16.8 Å². The van der Waals surface area contributed by atoms with Crippen molar-refractivity contribution in [1.29, 1.82) is 0 Å². The molecule has 0 aliphatic carbocycles. The normalized spacial score (nSPS) is 22.0. The molecule has 1 N–H and O–H groups in total. The van der Waals surface area contributed by atoms with Crippen LogP contribution in [0.4, 0.5) is 0 Å². The lowest BCUT2D eigenvalue weighted by Gasteiger charge is -1.87. The molecule has 0 aromatic rings. The standard InChI is InChI=1S/C6H5BrO2S/c7-2-5-1-4(3-8)6(9)10-5/h1-2,8H,3H2/b5-2+. The maximum atomic E-state index is 10.8. The molecule has 0 atom stereocenters. The molecule has 0 fully saturated rings. The van der Waals surface area contributed by atoms with Crippen molar-refractivity contribution < 1.29 is 9.90 Å². The van der Waals surface area contributed by atoms with Gasteiger partial charge in [-0.2, -0.15) is 0 Å². The summed E-state index contributed by atoms with van der Waals surface area (Å²) < 4.78 is 0. The van der Waals surface area contributed by atoms with Crippen molar-refractivity contribution in [1.82, 2.24) is 0 Å². The number of allylic oxidation sites excluding steroid dienone is 1. The van der Waals surface area contributed by atoms with E-state index in [4.69, 9.17) is 5.11 Å². The Labute approximate surface area is 71.1 Å². The zero-order valence-corrected chi connectivity index (χ0v) is 7.41. The molecule has 1 rings (SSSR count). The van der Waals surface area contributed by atoms with E-state index >= 15 is 0 Å². The van der Waals surface area contributed by atoms with E-state index in [1.807, 2.05) is 0 Å². The highest BCUT2D eigenvalue weighted by Crippen LogP contribution is 2.30. The molecule has 1 aliphatic heterocycles. The third-order valence-electron chi connectivity index (χ3n) is 1.07. The quantitative estimate of drug-likeness (QED) is 0.727. The van der Waals surface area contributed by atoms with E-state index < -0.39 is 0 Å². The van der Waals surface area contributed by atoms with Gasteiger partial charge in [0.15, 0.2) is 0 Å². The van der Waals surface area contributed by atoms with Gasteiger partial charge in [0.1, 0.15) is 0 Å². The summed E-state index contributed by atoms with van der Waals surface area (Å²) in [5.41, 5.74) is 0.468. The van der Waals surface area contributed by atoms with E-state index in [9.17, 15) is 4.79 Å². The second-order valence-electron chi connectivity index (χ2n) is 1.73. The molecule has 0 bridgehead atoms. The van der Waals surface area contributed by atoms with E-state index in [-0.39, 0.29) is 11.7 Å². The maximum Gasteiger partial charge on any atom is 0.222 e. The predicted molar refractivity (Wildman–Crippen MR) is 44.8 cm³/mol. The van der Waals surface area contributed by atoms with Gasteiger partial charge in [0.2, 0.25) is 5.12 Å². The highest BCUT2D eigenvalue weighted by atomic mass is 79.9. The van der Waals surface area contributed by atoms with Gasteiger partial charge in [0, 0.05) is 10.5 Å². The van der Waals surface area contributed by atoms with Crippen molar-refractivity contribution in [2.45, 2.75) is 0 Å². The second-order valence-corrected chi connectivity index (χ2v) is 3.23. The smallest absolute Gasteiger partial charge is 0.222 e. The fourth-order valence-electron chi connectivity index (χ4n) is 0.597. The molecule has 0 amide bonds. The average molecular weight is 221 g/mol. The lowest BCUT2D eigenvalue weighted by atomic mass is 10.3. The second kappa shape index (κ2) is 3.37. The molecule has 0 spiro atoms. The molecule has 0 unspecified atom stereocenters. The molecule has 54 valence electrons. The number of hydrogen-bond acceptors (Lipinski definition) is 3. The van der Waals surface area contributed by atoms with Crippen molar-refractivity contribution >= 4 is 32.8 Å². The minimum Gasteiger partial charge on any atom is -0.392 e. The Hall–Kier alpha value is -0.0600. The zero-order valence-electron chi connectivity index (χ0n) is 5.00. The Kier molecular flexibility index (Phi) is 2.71. The molecular formula is C6H5BrO2S. The van der Waals surface area contributed by atoms with Gasteiger partial charge in [0.05, 0.1) is 6.61 Å². The number of rotatable bonds is 1. The van der Waals surface area contributed by atoms with Crippen LogP contribution in [0, 0.1) is 0 Å². The van der Waals surface area contributed by atoms with Crippen molar-refractivity contribution in [2.24, 2.45) is 0 Å². The topological polar surface area (TPSA) is 37.3 Å². The van der Waals surface area contributed by atoms with Crippen molar-refractivity contribution in [3.05, 3.63) is 21.5 Å². The van der Waals surface area contributed by atoms with Crippen LogP contribution in [0.15, 0.2) is 21.5 Å². The van der Waals surface area contributed by atoms with E-state index in [0.29, 0.717) is 5.57 Å². The Balaban J connectivity index is 2.82. The van der Waals surface area contributed by atoms with Crippen molar-refractivity contribution in [3.63, 3.8) is 0 Å². The lowest BCUT2D eigenvalue weighted by Crippen LogP contribution is -1.95. The molecule has 0 saturated heterocycles. The number of halogens is 1. The van der Waals surface area contributed by atoms with Gasteiger partial charge in [-0.15, -0.1) is 0 Å². The van der Waals surface area contributed by atoms with Crippen LogP contribution < -0.4 is 0 Å². The summed E-state index contributed by atoms with van der Waals surface area (Å²) in [7, 11) is 0. The first-order valence-corrected chi connectivity index (χ1v) is 4.35. The monoisotopic (exact) mass is 220 g/mol. The number of hydrogen-bond donors (Lipinski definition) is 1. The zero-order chi connectivity index (χ0) is 7.56. The molecule has 0 saturated carbocycles. The van der Waals surface area contributed by atoms with Gasteiger partial charge in [-0.05, 0) is 22.8 Å². The van der Waals surface area contributed by atoms with Gasteiger partial charge in [-0.25, -0.2) is 0 Å². The molecule has 10 heavy (non-hydrogen) atoms. The van der Waals surface area contributed by atoms with Crippen LogP contribution in [0.25, 0.3) is 0 Å². The SMILES string of the molecule is O=C1S/C(=C/Br)C=C1CO. The molecule has 1 aliphatic rings. The third-order valence-corrected chi connectivity index (χ3v) is 2.78. The fourth-order valence-corrected chi connectivity index (χ4v) is 1.72. The minimum atomic E-state index is -0.170. The fraction of sp³-hybridized carbons (Fsp3) is 0.167. The first-order chi connectivity index (χ1) is 4.77. The Morgan fingerprint density at radius 1 is 1.80 bits per heavy atom. The molecule has 0 aromatic heterocycles. The summed E-state index contributed by atoms with van der Waals surface area (Å²) in [4.78, 5) is 13.4. The summed E-state index contributed by atoms with van der Waals surface area (Å²) in [6, 6.07) is 0. The summed E-state index contributed by atoms with van der Waals surface area (Å²) in [5.74, 6) is 0. The third kappa shape index (κ3) is 1.51. The van der Waals surface area contributed by atoms with E-state index in [1.54, 1.807) is 11.1 Å². The summed E-state index contributed by atoms with van der Waals surface area (Å²) >= 11 is 4.22. The van der Waals surface area contributed by atoms with Crippen LogP contribution in [-0.2, 0) is 4.79 Å². The predicted octanol–water partition coefficient (Wildman–Crippen LogP) is 1.41. The maximum absolute atomic E-state index is 10.8. The molecule has 0 aromatic carbocycles. The van der Waals surface area contributed by atoms with Crippen LogP contribution in [0.1, 0.15) is 0 Å². The average Bonchev–Trinajstić information content (AvgIpc) is 2.30. The molecule has 1 heterocycles. The van der Waals surface area contributed by atoms with Gasteiger partial charge < -0.3 is 5.11 Å². The van der Waals surface area contributed by atoms with E-state index in [0.717, 1.165) is 16.7 Å². The van der Waals surface area contributed by atoms with Gasteiger partial charge in [-0.3, -0.25) is 4.79 Å². The van der Waals surface area contributed by atoms with Gasteiger partial charge >= 0.3 is 0 Å². The first-order valence-electron chi connectivity index (χ1n) is 2.62. The number of aliphatic hydroxyl groups is 1. The molecule has 4 heteroatoms. The molecule has 0 radical (unpaired) electrons.